The standard InChI is InChI=1S/C32H18O/c1-2-5-22-17-30-28(16-21(22)4-1)27-13-12-23(18-29(27)33-30)26-14-24-10-8-19-6-3-7-20-9-11-25(15-26)32(24)31(19)20/h1-18H. The first-order valence-electron chi connectivity index (χ1n) is 11.3. The summed E-state index contributed by atoms with van der Waals surface area (Å²) in [4.78, 5) is 0. The smallest absolute Gasteiger partial charge is 0.136 e. The summed E-state index contributed by atoms with van der Waals surface area (Å²) < 4.78 is 6.32. The van der Waals surface area contributed by atoms with Gasteiger partial charge in [-0.05, 0) is 90.6 Å². The van der Waals surface area contributed by atoms with E-state index in [2.05, 4.69) is 109 Å². The second-order valence-corrected chi connectivity index (χ2v) is 9.02. The van der Waals surface area contributed by atoms with Crippen LogP contribution in [0.1, 0.15) is 0 Å². The number of fused-ring (bicyclic) bond motifs is 4. The van der Waals surface area contributed by atoms with Gasteiger partial charge in [-0.1, -0.05) is 72.8 Å². The molecule has 0 N–H and O–H groups in total. The van der Waals surface area contributed by atoms with Crippen LogP contribution in [0.4, 0.5) is 0 Å². The molecule has 33 heavy (non-hydrogen) atoms. The molecule has 0 saturated carbocycles. The fourth-order valence-electron chi connectivity index (χ4n) is 5.56. The first-order chi connectivity index (χ1) is 16.3. The average Bonchev–Trinajstić information content (AvgIpc) is 3.22. The monoisotopic (exact) mass is 418 g/mol. The largest absolute Gasteiger partial charge is 0.456 e. The van der Waals surface area contributed by atoms with Crippen molar-refractivity contribution in [2.24, 2.45) is 0 Å². The Morgan fingerprint density at radius 1 is 0.364 bits per heavy atom. The molecule has 0 fully saturated rings. The molecule has 1 aromatic heterocycles. The molecular weight excluding hydrogens is 400 g/mol. The number of hydrogen-bond acceptors (Lipinski definition) is 1. The highest BCUT2D eigenvalue weighted by atomic mass is 16.3. The quantitative estimate of drug-likeness (QED) is 0.242. The topological polar surface area (TPSA) is 13.1 Å². The number of hydrogen-bond donors (Lipinski definition) is 0. The van der Waals surface area contributed by atoms with E-state index >= 15 is 0 Å². The maximum absolute atomic E-state index is 6.32. The molecule has 0 atom stereocenters. The third-order valence-corrected chi connectivity index (χ3v) is 7.14. The predicted molar refractivity (Wildman–Crippen MR) is 140 cm³/mol. The van der Waals surface area contributed by atoms with E-state index in [0.717, 1.165) is 16.6 Å². The Morgan fingerprint density at radius 2 is 0.970 bits per heavy atom. The molecule has 1 heteroatoms. The van der Waals surface area contributed by atoms with Gasteiger partial charge in [-0.25, -0.2) is 0 Å². The van der Waals surface area contributed by atoms with Gasteiger partial charge >= 0.3 is 0 Å². The Balaban J connectivity index is 1.37. The van der Waals surface area contributed by atoms with Gasteiger partial charge in [-0.2, -0.15) is 0 Å². The summed E-state index contributed by atoms with van der Waals surface area (Å²) in [5.41, 5.74) is 4.27. The van der Waals surface area contributed by atoms with Crippen molar-refractivity contribution < 1.29 is 4.42 Å². The molecule has 1 nitrogen and oxygen atoms in total. The number of furan rings is 1. The van der Waals surface area contributed by atoms with E-state index in [0.29, 0.717) is 0 Å². The summed E-state index contributed by atoms with van der Waals surface area (Å²) in [5.74, 6) is 0. The summed E-state index contributed by atoms with van der Waals surface area (Å²) >= 11 is 0. The van der Waals surface area contributed by atoms with Crippen molar-refractivity contribution in [1.82, 2.24) is 0 Å². The van der Waals surface area contributed by atoms with Gasteiger partial charge in [0.05, 0.1) is 0 Å². The summed E-state index contributed by atoms with van der Waals surface area (Å²) in [6.07, 6.45) is 0. The van der Waals surface area contributed by atoms with Gasteiger partial charge in [-0.3, -0.25) is 0 Å². The van der Waals surface area contributed by atoms with Crippen LogP contribution < -0.4 is 0 Å². The molecule has 0 bridgehead atoms. The van der Waals surface area contributed by atoms with E-state index in [1.54, 1.807) is 0 Å². The lowest BCUT2D eigenvalue weighted by Gasteiger charge is -2.12. The molecule has 0 unspecified atom stereocenters. The van der Waals surface area contributed by atoms with Crippen LogP contribution in [0.5, 0.6) is 0 Å². The minimum Gasteiger partial charge on any atom is -0.456 e. The molecule has 0 radical (unpaired) electrons. The van der Waals surface area contributed by atoms with Crippen LogP contribution in [-0.4, -0.2) is 0 Å². The summed E-state index contributed by atoms with van der Waals surface area (Å²) in [7, 11) is 0. The van der Waals surface area contributed by atoms with Crippen molar-refractivity contribution in [2.45, 2.75) is 0 Å². The van der Waals surface area contributed by atoms with Crippen LogP contribution in [-0.2, 0) is 0 Å². The zero-order valence-corrected chi connectivity index (χ0v) is 17.8. The Morgan fingerprint density at radius 3 is 1.73 bits per heavy atom. The van der Waals surface area contributed by atoms with E-state index in [-0.39, 0.29) is 0 Å². The minimum atomic E-state index is 0.933. The zero-order chi connectivity index (χ0) is 21.5. The second kappa shape index (κ2) is 6.11. The van der Waals surface area contributed by atoms with Crippen LogP contribution in [0.15, 0.2) is 114 Å². The van der Waals surface area contributed by atoms with Crippen molar-refractivity contribution in [1.29, 1.82) is 0 Å². The lowest BCUT2D eigenvalue weighted by atomic mass is 9.91. The molecule has 1 heterocycles. The lowest BCUT2D eigenvalue weighted by molar-refractivity contribution is 0.669. The minimum absolute atomic E-state index is 0.933. The van der Waals surface area contributed by atoms with E-state index in [1.807, 2.05) is 0 Å². The van der Waals surface area contributed by atoms with Gasteiger partial charge in [0.25, 0.3) is 0 Å². The molecule has 0 amide bonds. The molecule has 152 valence electrons. The van der Waals surface area contributed by atoms with Crippen molar-refractivity contribution in [3.8, 4) is 11.1 Å². The highest BCUT2D eigenvalue weighted by molar-refractivity contribution is 6.23. The average molecular weight is 418 g/mol. The number of benzene rings is 7. The third-order valence-electron chi connectivity index (χ3n) is 7.14. The summed E-state index contributed by atoms with van der Waals surface area (Å²) in [6, 6.07) is 39.6. The SMILES string of the molecule is c1ccc2cc3c(cc2c1)oc1cc(-c2cc4ccc5cccc6ccc(c2)c4c56)ccc13. The molecule has 0 saturated heterocycles. The second-order valence-electron chi connectivity index (χ2n) is 9.02. The van der Waals surface area contributed by atoms with Crippen molar-refractivity contribution in [2.75, 3.05) is 0 Å². The lowest BCUT2D eigenvalue weighted by Crippen LogP contribution is -1.85. The molecule has 0 aliphatic carbocycles. The van der Waals surface area contributed by atoms with Crippen molar-refractivity contribution in [3.05, 3.63) is 109 Å². The Labute approximate surface area is 189 Å². The Hall–Kier alpha value is -4.36. The van der Waals surface area contributed by atoms with Gasteiger partial charge in [0.15, 0.2) is 0 Å². The van der Waals surface area contributed by atoms with Crippen LogP contribution in [0, 0.1) is 0 Å². The maximum atomic E-state index is 6.32. The molecule has 8 aromatic rings. The highest BCUT2D eigenvalue weighted by Gasteiger charge is 2.13. The first-order valence-corrected chi connectivity index (χ1v) is 11.3. The fraction of sp³-hybridized carbons (Fsp3) is 0. The van der Waals surface area contributed by atoms with E-state index in [1.165, 1.54) is 59.6 Å². The third kappa shape index (κ3) is 2.37. The van der Waals surface area contributed by atoms with E-state index < -0.39 is 0 Å². The molecule has 0 aliphatic rings. The predicted octanol–water partition coefficient (Wildman–Crippen LogP) is 9.30. The summed E-state index contributed by atoms with van der Waals surface area (Å²) in [5, 5.41) is 12.7. The van der Waals surface area contributed by atoms with Gasteiger partial charge in [-0.15, -0.1) is 0 Å². The first kappa shape index (κ1) is 17.2. The van der Waals surface area contributed by atoms with E-state index in [4.69, 9.17) is 4.42 Å². The molecule has 7 aromatic carbocycles. The van der Waals surface area contributed by atoms with Crippen molar-refractivity contribution in [3.63, 3.8) is 0 Å². The molecule has 8 rings (SSSR count). The normalized spacial score (nSPS) is 12.2. The Kier molecular flexibility index (Phi) is 3.19. The van der Waals surface area contributed by atoms with Crippen molar-refractivity contribution >= 4 is 65.0 Å². The van der Waals surface area contributed by atoms with Crippen LogP contribution in [0.3, 0.4) is 0 Å². The molecule has 0 aliphatic heterocycles. The van der Waals surface area contributed by atoms with Crippen LogP contribution in [0.2, 0.25) is 0 Å². The van der Waals surface area contributed by atoms with Crippen LogP contribution in [0.25, 0.3) is 76.2 Å². The van der Waals surface area contributed by atoms with Gasteiger partial charge < -0.3 is 4.42 Å². The number of rotatable bonds is 1. The molecular formula is C32H18O. The Bertz CT molecular complexity index is 1960. The fourth-order valence-corrected chi connectivity index (χ4v) is 5.56. The van der Waals surface area contributed by atoms with Crippen LogP contribution >= 0.6 is 0 Å². The molecule has 0 spiro atoms. The summed E-state index contributed by atoms with van der Waals surface area (Å²) in [6.45, 7) is 0. The van der Waals surface area contributed by atoms with E-state index in [9.17, 15) is 0 Å². The van der Waals surface area contributed by atoms with Gasteiger partial charge in [0, 0.05) is 10.8 Å². The zero-order valence-electron chi connectivity index (χ0n) is 17.8. The maximum Gasteiger partial charge on any atom is 0.136 e. The van der Waals surface area contributed by atoms with Gasteiger partial charge in [0.1, 0.15) is 11.2 Å². The highest BCUT2D eigenvalue weighted by Crippen LogP contribution is 2.39. The van der Waals surface area contributed by atoms with Gasteiger partial charge in [0.2, 0.25) is 0 Å².